The zero-order chi connectivity index (χ0) is 18.8. The first-order chi connectivity index (χ1) is 13.2. The van der Waals surface area contributed by atoms with Crippen molar-refractivity contribution in [2.75, 3.05) is 7.11 Å². The summed E-state index contributed by atoms with van der Waals surface area (Å²) in [6.45, 7) is 0. The van der Waals surface area contributed by atoms with Crippen molar-refractivity contribution in [1.29, 1.82) is 0 Å². The Labute approximate surface area is 153 Å². The second kappa shape index (κ2) is 6.79. The van der Waals surface area contributed by atoms with Gasteiger partial charge in [-0.05, 0) is 18.2 Å². The number of aromatic nitrogens is 4. The van der Waals surface area contributed by atoms with Crippen LogP contribution in [0.3, 0.4) is 0 Å². The fourth-order valence-corrected chi connectivity index (χ4v) is 2.69. The zero-order valence-electron chi connectivity index (χ0n) is 14.3. The molecular formula is C18H14N6O3. The number of methoxy groups -OCH3 is 1. The van der Waals surface area contributed by atoms with Crippen molar-refractivity contribution in [2.45, 2.75) is 6.42 Å². The molecule has 0 aliphatic carbocycles. The van der Waals surface area contributed by atoms with E-state index >= 15 is 0 Å². The van der Waals surface area contributed by atoms with Crippen LogP contribution in [0.5, 0.6) is 5.75 Å². The molecule has 9 nitrogen and oxygen atoms in total. The lowest BCUT2D eigenvalue weighted by atomic mass is 10.2. The molecule has 2 aromatic heterocycles. The second-order valence-electron chi connectivity index (χ2n) is 5.63. The highest BCUT2D eigenvalue weighted by molar-refractivity contribution is 6.42. The molecule has 0 saturated heterocycles. The first kappa shape index (κ1) is 16.6. The minimum Gasteiger partial charge on any atom is -0.491 e. The average Bonchev–Trinajstić information content (AvgIpc) is 3.19. The predicted octanol–water partition coefficient (Wildman–Crippen LogP) is 1.31. The van der Waals surface area contributed by atoms with Crippen molar-refractivity contribution >= 4 is 17.8 Å². The highest BCUT2D eigenvalue weighted by Gasteiger charge is 2.22. The molecule has 0 saturated carbocycles. The van der Waals surface area contributed by atoms with Crippen LogP contribution in [0, 0.1) is 0 Å². The molecule has 1 aromatic carbocycles. The van der Waals surface area contributed by atoms with E-state index < -0.39 is 5.43 Å². The van der Waals surface area contributed by atoms with Crippen LogP contribution in [0.15, 0.2) is 63.8 Å². The van der Waals surface area contributed by atoms with Gasteiger partial charge >= 0.3 is 0 Å². The van der Waals surface area contributed by atoms with Crippen LogP contribution in [0.4, 0.5) is 0 Å². The van der Waals surface area contributed by atoms with Crippen LogP contribution in [-0.4, -0.2) is 44.5 Å². The fraction of sp³-hybridized carbons (Fsp3) is 0.111. The van der Waals surface area contributed by atoms with Crippen molar-refractivity contribution in [3.63, 3.8) is 0 Å². The van der Waals surface area contributed by atoms with Gasteiger partial charge in [0.1, 0.15) is 0 Å². The SMILES string of the molecule is COc1cn(C2=NN=CCC2=O)nc(-c2ccnn2-c2ccccc2)c1=O. The standard InChI is InChI=1S/C18H14N6O3/c1-27-15-11-23(18-14(25)8-9-19-21-18)22-16(17(15)26)13-7-10-20-24(13)12-5-3-2-4-6-12/h2-7,9-11H,8H2,1H3. The van der Waals surface area contributed by atoms with Crippen LogP contribution < -0.4 is 10.2 Å². The third kappa shape index (κ3) is 2.95. The lowest BCUT2D eigenvalue weighted by Crippen LogP contribution is -2.29. The topological polar surface area (TPSA) is 104 Å². The number of carbonyl (C=O) groups excluding carboxylic acids is 1. The summed E-state index contributed by atoms with van der Waals surface area (Å²) in [6.07, 6.45) is 4.43. The molecule has 0 N–H and O–H groups in total. The van der Waals surface area contributed by atoms with Crippen molar-refractivity contribution in [3.05, 3.63) is 59.0 Å². The number of hydrogen-bond donors (Lipinski definition) is 0. The Hall–Kier alpha value is -3.88. The first-order valence-electron chi connectivity index (χ1n) is 8.10. The lowest BCUT2D eigenvalue weighted by molar-refractivity contribution is -0.112. The Morgan fingerprint density at radius 1 is 1.11 bits per heavy atom. The van der Waals surface area contributed by atoms with E-state index in [1.807, 2.05) is 30.3 Å². The quantitative estimate of drug-likeness (QED) is 0.699. The molecule has 0 spiro atoms. The molecule has 0 amide bonds. The third-order valence-electron chi connectivity index (χ3n) is 3.97. The summed E-state index contributed by atoms with van der Waals surface area (Å²) in [5, 5.41) is 16.2. The van der Waals surface area contributed by atoms with E-state index in [9.17, 15) is 9.59 Å². The van der Waals surface area contributed by atoms with Gasteiger partial charge in [-0.25, -0.2) is 9.36 Å². The number of para-hydroxylation sites is 1. The second-order valence-corrected chi connectivity index (χ2v) is 5.63. The van der Waals surface area contributed by atoms with Crippen molar-refractivity contribution in [1.82, 2.24) is 19.6 Å². The van der Waals surface area contributed by atoms with E-state index in [-0.39, 0.29) is 29.5 Å². The maximum absolute atomic E-state index is 12.8. The summed E-state index contributed by atoms with van der Waals surface area (Å²) in [6, 6.07) is 11.0. The molecule has 0 radical (unpaired) electrons. The van der Waals surface area contributed by atoms with Gasteiger partial charge in [0.15, 0.2) is 11.4 Å². The van der Waals surface area contributed by atoms with E-state index in [0.717, 1.165) is 5.69 Å². The lowest BCUT2D eigenvalue weighted by Gasteiger charge is -2.12. The first-order valence-corrected chi connectivity index (χ1v) is 8.10. The molecule has 9 heteroatoms. The number of hydrogen-bond acceptors (Lipinski definition) is 7. The Morgan fingerprint density at radius 3 is 2.67 bits per heavy atom. The minimum absolute atomic E-state index is 0.0165. The van der Waals surface area contributed by atoms with E-state index in [4.69, 9.17) is 4.74 Å². The molecule has 0 atom stereocenters. The number of Topliss-reactive ketones (excluding diaryl/α,β-unsaturated/α-hetero) is 1. The van der Waals surface area contributed by atoms with Gasteiger partial charge in [0.2, 0.25) is 11.6 Å². The maximum Gasteiger partial charge on any atom is 0.251 e. The highest BCUT2D eigenvalue weighted by Crippen LogP contribution is 2.19. The van der Waals surface area contributed by atoms with Gasteiger partial charge < -0.3 is 4.74 Å². The third-order valence-corrected chi connectivity index (χ3v) is 3.97. The summed E-state index contributed by atoms with van der Waals surface area (Å²) in [5.74, 6) is -0.209. The summed E-state index contributed by atoms with van der Waals surface area (Å²) in [7, 11) is 1.38. The largest absolute Gasteiger partial charge is 0.491 e. The minimum atomic E-state index is -0.418. The molecular weight excluding hydrogens is 348 g/mol. The van der Waals surface area contributed by atoms with Crippen molar-refractivity contribution in [2.24, 2.45) is 10.2 Å². The molecule has 0 bridgehead atoms. The molecule has 27 heavy (non-hydrogen) atoms. The van der Waals surface area contributed by atoms with Crippen LogP contribution in [0.2, 0.25) is 0 Å². The van der Waals surface area contributed by atoms with Gasteiger partial charge in [0.05, 0.1) is 37.3 Å². The Balaban J connectivity index is 1.92. The summed E-state index contributed by atoms with van der Waals surface area (Å²) < 4.78 is 8.00. The molecule has 0 unspecified atom stereocenters. The smallest absolute Gasteiger partial charge is 0.251 e. The monoisotopic (exact) mass is 362 g/mol. The number of ketones is 1. The van der Waals surface area contributed by atoms with Gasteiger partial charge in [0, 0.05) is 6.21 Å². The highest BCUT2D eigenvalue weighted by atomic mass is 16.5. The van der Waals surface area contributed by atoms with Crippen LogP contribution in [-0.2, 0) is 4.79 Å². The van der Waals surface area contributed by atoms with Crippen molar-refractivity contribution < 1.29 is 9.53 Å². The van der Waals surface area contributed by atoms with E-state index in [1.165, 1.54) is 24.2 Å². The van der Waals surface area contributed by atoms with Gasteiger partial charge in [-0.3, -0.25) is 9.59 Å². The molecule has 0 fully saturated rings. The number of carbonyl (C=O) groups is 1. The maximum atomic E-state index is 12.8. The van der Waals surface area contributed by atoms with E-state index in [2.05, 4.69) is 20.4 Å². The number of ether oxygens (including phenoxy) is 1. The number of rotatable bonds is 3. The predicted molar refractivity (Wildman–Crippen MR) is 98.6 cm³/mol. The number of benzene rings is 1. The molecule has 3 aromatic rings. The zero-order valence-corrected chi connectivity index (χ0v) is 14.3. The summed E-state index contributed by atoms with van der Waals surface area (Å²) in [5.41, 5.74) is 0.898. The summed E-state index contributed by atoms with van der Waals surface area (Å²) in [4.78, 5) is 24.9. The van der Waals surface area contributed by atoms with Gasteiger partial charge in [0.25, 0.3) is 5.43 Å². The molecule has 1 aliphatic heterocycles. The Kier molecular flexibility index (Phi) is 4.17. The molecule has 4 rings (SSSR count). The van der Waals surface area contributed by atoms with Gasteiger partial charge in [-0.2, -0.15) is 15.3 Å². The van der Waals surface area contributed by atoms with Crippen LogP contribution >= 0.6 is 0 Å². The normalized spacial score (nSPS) is 13.5. The van der Waals surface area contributed by atoms with Crippen molar-refractivity contribution in [3.8, 4) is 22.8 Å². The van der Waals surface area contributed by atoms with Crippen LogP contribution in [0.25, 0.3) is 17.1 Å². The average molecular weight is 362 g/mol. The molecule has 134 valence electrons. The fourth-order valence-electron chi connectivity index (χ4n) is 2.69. The molecule has 3 heterocycles. The Bertz CT molecular complexity index is 1130. The molecule has 1 aliphatic rings. The van der Waals surface area contributed by atoms with E-state index in [0.29, 0.717) is 5.69 Å². The van der Waals surface area contributed by atoms with Crippen LogP contribution in [0.1, 0.15) is 6.42 Å². The van der Waals surface area contributed by atoms with E-state index in [1.54, 1.807) is 16.9 Å². The number of nitrogens with zero attached hydrogens (tertiary/aromatic N) is 6. The summed E-state index contributed by atoms with van der Waals surface area (Å²) >= 11 is 0. The van der Waals surface area contributed by atoms with Gasteiger partial charge in [-0.1, -0.05) is 18.2 Å². The Morgan fingerprint density at radius 2 is 1.93 bits per heavy atom. The van der Waals surface area contributed by atoms with Gasteiger partial charge in [-0.15, -0.1) is 5.10 Å².